The lowest BCUT2D eigenvalue weighted by Gasteiger charge is -2.06. The number of carboxylic acids is 1. The van der Waals surface area contributed by atoms with Crippen LogP contribution in [-0.2, 0) is 0 Å². The number of nitrogen functional groups attached to an aromatic ring is 1. The van der Waals surface area contributed by atoms with Gasteiger partial charge in [-0.25, -0.2) is 9.48 Å². The van der Waals surface area contributed by atoms with E-state index in [4.69, 9.17) is 17.3 Å². The number of benzene rings is 1. The van der Waals surface area contributed by atoms with Crippen molar-refractivity contribution in [2.24, 2.45) is 0 Å². The topological polar surface area (TPSA) is 81.1 Å². The predicted octanol–water partition coefficient (Wildman–Crippen LogP) is 3.23. The molecule has 2 aromatic rings. The number of hydrogen-bond acceptors (Lipinski definition) is 4. The van der Waals surface area contributed by atoms with Crippen molar-refractivity contribution >= 4 is 35.1 Å². The smallest absolute Gasteiger partial charge is 0.342 e. The van der Waals surface area contributed by atoms with Crippen LogP contribution in [0.5, 0.6) is 0 Å². The maximum atomic E-state index is 11.3. The summed E-state index contributed by atoms with van der Waals surface area (Å²) in [6.45, 7) is 3.81. The molecule has 1 heterocycles. The zero-order valence-corrected chi connectivity index (χ0v) is 12.6. The van der Waals surface area contributed by atoms with Crippen molar-refractivity contribution in [3.05, 3.63) is 34.3 Å². The van der Waals surface area contributed by atoms with Crippen molar-refractivity contribution in [1.82, 2.24) is 9.78 Å². The third-order valence-electron chi connectivity index (χ3n) is 2.78. The fraction of sp³-hybridized carbons (Fsp3) is 0.231. The molecule has 0 aliphatic rings. The van der Waals surface area contributed by atoms with Gasteiger partial charge in [0.2, 0.25) is 0 Å². The van der Waals surface area contributed by atoms with Crippen molar-refractivity contribution in [3.8, 4) is 5.69 Å². The Hall–Kier alpha value is -1.66. The second-order valence-electron chi connectivity index (χ2n) is 4.15. The number of anilines is 1. The summed E-state index contributed by atoms with van der Waals surface area (Å²) in [7, 11) is 0. The highest BCUT2D eigenvalue weighted by molar-refractivity contribution is 7.99. The van der Waals surface area contributed by atoms with E-state index in [1.54, 1.807) is 12.1 Å². The molecule has 20 heavy (non-hydrogen) atoms. The molecule has 0 spiro atoms. The molecule has 0 saturated heterocycles. The van der Waals surface area contributed by atoms with Crippen LogP contribution in [0, 0.1) is 6.92 Å². The molecule has 0 aliphatic carbocycles. The molecule has 0 radical (unpaired) electrons. The standard InChI is InChI=1S/C13H14ClN3O2S/c1-3-20-12-10(13(18)19)11(15)17(16-12)8-5-4-7(2)9(14)6-8/h4-6H,3,15H2,1-2H3,(H,18,19). The van der Waals surface area contributed by atoms with Crippen LogP contribution in [0.4, 0.5) is 5.82 Å². The van der Waals surface area contributed by atoms with Gasteiger partial charge < -0.3 is 10.8 Å². The van der Waals surface area contributed by atoms with Crippen LogP contribution in [0.15, 0.2) is 23.2 Å². The Balaban J connectivity index is 2.59. The molecular formula is C13H14ClN3O2S. The van der Waals surface area contributed by atoms with Gasteiger partial charge in [0.25, 0.3) is 0 Å². The second-order valence-corrected chi connectivity index (χ2v) is 5.81. The van der Waals surface area contributed by atoms with Crippen molar-refractivity contribution in [2.45, 2.75) is 18.9 Å². The molecule has 3 N–H and O–H groups in total. The Bertz CT molecular complexity index is 670. The Morgan fingerprint density at radius 3 is 2.80 bits per heavy atom. The molecule has 0 fully saturated rings. The molecule has 2 rings (SSSR count). The van der Waals surface area contributed by atoms with Gasteiger partial charge in [-0.05, 0) is 30.4 Å². The molecule has 0 atom stereocenters. The van der Waals surface area contributed by atoms with Crippen LogP contribution in [0.1, 0.15) is 22.8 Å². The number of nitrogens with zero attached hydrogens (tertiary/aromatic N) is 2. The lowest BCUT2D eigenvalue weighted by Crippen LogP contribution is -2.05. The van der Waals surface area contributed by atoms with Crippen molar-refractivity contribution in [1.29, 1.82) is 0 Å². The predicted molar refractivity (Wildman–Crippen MR) is 81.1 cm³/mol. The van der Waals surface area contributed by atoms with Crippen LogP contribution in [0.3, 0.4) is 0 Å². The SMILES string of the molecule is CCSc1nn(-c2ccc(C)c(Cl)c2)c(N)c1C(=O)O. The number of aromatic nitrogens is 2. The van der Waals surface area contributed by atoms with Gasteiger partial charge in [0.1, 0.15) is 16.4 Å². The third-order valence-corrected chi connectivity index (χ3v) is 4.04. The maximum Gasteiger partial charge on any atom is 0.342 e. The number of thioether (sulfide) groups is 1. The van der Waals surface area contributed by atoms with E-state index in [1.165, 1.54) is 16.4 Å². The normalized spacial score (nSPS) is 10.8. The molecule has 0 bridgehead atoms. The van der Waals surface area contributed by atoms with Gasteiger partial charge in [-0.1, -0.05) is 24.6 Å². The number of aryl methyl sites for hydroxylation is 1. The average Bonchev–Trinajstić information content (AvgIpc) is 2.70. The van der Waals surface area contributed by atoms with Gasteiger partial charge in [0.15, 0.2) is 0 Å². The monoisotopic (exact) mass is 311 g/mol. The van der Waals surface area contributed by atoms with Gasteiger partial charge >= 0.3 is 5.97 Å². The molecule has 5 nitrogen and oxygen atoms in total. The lowest BCUT2D eigenvalue weighted by atomic mass is 10.2. The van der Waals surface area contributed by atoms with Gasteiger partial charge in [0.05, 0.1) is 5.69 Å². The first-order valence-corrected chi connectivity index (χ1v) is 7.33. The summed E-state index contributed by atoms with van der Waals surface area (Å²) in [5, 5.41) is 14.5. The van der Waals surface area contributed by atoms with E-state index in [-0.39, 0.29) is 11.4 Å². The quantitative estimate of drug-likeness (QED) is 0.847. The van der Waals surface area contributed by atoms with Crippen LogP contribution in [-0.4, -0.2) is 26.6 Å². The first kappa shape index (κ1) is 14.7. The second kappa shape index (κ2) is 5.76. The molecule has 1 aromatic heterocycles. The van der Waals surface area contributed by atoms with E-state index in [2.05, 4.69) is 5.10 Å². The van der Waals surface area contributed by atoms with Crippen LogP contribution >= 0.6 is 23.4 Å². The number of carboxylic acid groups (broad SMARTS) is 1. The molecular weight excluding hydrogens is 298 g/mol. The Kier molecular flexibility index (Phi) is 4.25. The molecule has 0 unspecified atom stereocenters. The van der Waals surface area contributed by atoms with E-state index in [0.29, 0.717) is 21.5 Å². The number of hydrogen-bond donors (Lipinski definition) is 2. The minimum absolute atomic E-state index is 0.0357. The number of halogens is 1. The van der Waals surface area contributed by atoms with E-state index < -0.39 is 5.97 Å². The highest BCUT2D eigenvalue weighted by Crippen LogP contribution is 2.29. The third kappa shape index (κ3) is 2.62. The Morgan fingerprint density at radius 2 is 2.25 bits per heavy atom. The van der Waals surface area contributed by atoms with Gasteiger partial charge in [0, 0.05) is 5.02 Å². The van der Waals surface area contributed by atoms with Crippen LogP contribution < -0.4 is 5.73 Å². The number of carbonyl (C=O) groups is 1. The van der Waals surface area contributed by atoms with Crippen LogP contribution in [0.2, 0.25) is 5.02 Å². The van der Waals surface area contributed by atoms with Gasteiger partial charge in [-0.15, -0.1) is 11.8 Å². The summed E-state index contributed by atoms with van der Waals surface area (Å²) in [6.07, 6.45) is 0. The summed E-state index contributed by atoms with van der Waals surface area (Å²) in [5.41, 5.74) is 7.53. The number of rotatable bonds is 4. The molecule has 106 valence electrons. The summed E-state index contributed by atoms with van der Waals surface area (Å²) in [5.74, 6) is -0.262. The first-order chi connectivity index (χ1) is 9.45. The fourth-order valence-corrected chi connectivity index (χ4v) is 2.68. The van der Waals surface area contributed by atoms with E-state index in [0.717, 1.165) is 5.56 Å². The molecule has 1 aromatic carbocycles. The van der Waals surface area contributed by atoms with Crippen molar-refractivity contribution in [3.63, 3.8) is 0 Å². The van der Waals surface area contributed by atoms with Gasteiger partial charge in [-0.2, -0.15) is 5.10 Å². The Morgan fingerprint density at radius 1 is 1.55 bits per heavy atom. The lowest BCUT2D eigenvalue weighted by molar-refractivity contribution is 0.0694. The van der Waals surface area contributed by atoms with Crippen LogP contribution in [0.25, 0.3) is 5.69 Å². The Labute approximate surface area is 125 Å². The minimum Gasteiger partial charge on any atom is -0.477 e. The highest BCUT2D eigenvalue weighted by atomic mass is 35.5. The minimum atomic E-state index is -1.08. The van der Waals surface area contributed by atoms with Crippen molar-refractivity contribution < 1.29 is 9.90 Å². The van der Waals surface area contributed by atoms with E-state index in [9.17, 15) is 9.90 Å². The molecule has 0 saturated carbocycles. The molecule has 0 amide bonds. The van der Waals surface area contributed by atoms with Crippen molar-refractivity contribution in [2.75, 3.05) is 11.5 Å². The fourth-order valence-electron chi connectivity index (χ4n) is 1.76. The number of nitrogens with two attached hydrogens (primary N) is 1. The zero-order valence-electron chi connectivity index (χ0n) is 11.1. The van der Waals surface area contributed by atoms with E-state index in [1.807, 2.05) is 19.9 Å². The van der Waals surface area contributed by atoms with E-state index >= 15 is 0 Å². The molecule has 7 heteroatoms. The summed E-state index contributed by atoms with van der Waals surface area (Å²) >= 11 is 7.42. The van der Waals surface area contributed by atoms with Gasteiger partial charge in [-0.3, -0.25) is 0 Å². The molecule has 0 aliphatic heterocycles. The number of aromatic carboxylic acids is 1. The first-order valence-electron chi connectivity index (χ1n) is 5.96. The summed E-state index contributed by atoms with van der Waals surface area (Å²) in [6, 6.07) is 5.36. The summed E-state index contributed by atoms with van der Waals surface area (Å²) in [4.78, 5) is 11.3. The maximum absolute atomic E-state index is 11.3. The zero-order chi connectivity index (χ0) is 14.9. The largest absolute Gasteiger partial charge is 0.477 e. The highest BCUT2D eigenvalue weighted by Gasteiger charge is 2.22. The summed E-state index contributed by atoms with van der Waals surface area (Å²) < 4.78 is 1.41. The average molecular weight is 312 g/mol.